The van der Waals surface area contributed by atoms with Gasteiger partial charge in [0.25, 0.3) is 0 Å². The van der Waals surface area contributed by atoms with Crippen molar-refractivity contribution in [1.29, 1.82) is 0 Å². The van der Waals surface area contributed by atoms with E-state index in [1.807, 2.05) is 6.08 Å². The molecule has 1 heteroatoms. The molecule has 2 aliphatic rings. The van der Waals surface area contributed by atoms with Crippen LogP contribution < -0.4 is 5.73 Å². The van der Waals surface area contributed by atoms with Gasteiger partial charge in [0.1, 0.15) is 0 Å². The third-order valence-corrected chi connectivity index (χ3v) is 4.95. The van der Waals surface area contributed by atoms with Gasteiger partial charge in [-0.25, -0.2) is 0 Å². The molecule has 0 heterocycles. The van der Waals surface area contributed by atoms with Crippen LogP contribution in [-0.2, 0) is 0 Å². The van der Waals surface area contributed by atoms with Gasteiger partial charge in [-0.3, -0.25) is 0 Å². The van der Waals surface area contributed by atoms with E-state index >= 15 is 0 Å². The zero-order valence-electron chi connectivity index (χ0n) is 11.3. The summed E-state index contributed by atoms with van der Waals surface area (Å²) < 4.78 is 0. The van der Waals surface area contributed by atoms with E-state index in [0.29, 0.717) is 12.0 Å². The van der Waals surface area contributed by atoms with E-state index in [-0.39, 0.29) is 5.41 Å². The van der Waals surface area contributed by atoms with Crippen LogP contribution in [0.1, 0.15) is 52.4 Å². The van der Waals surface area contributed by atoms with E-state index in [0.717, 1.165) is 12.3 Å². The second-order valence-corrected chi connectivity index (χ2v) is 5.93. The lowest BCUT2D eigenvalue weighted by Gasteiger charge is -2.47. The molecule has 3 unspecified atom stereocenters. The van der Waals surface area contributed by atoms with Crippen molar-refractivity contribution in [2.45, 2.75) is 58.4 Å². The van der Waals surface area contributed by atoms with Gasteiger partial charge in [0.2, 0.25) is 0 Å². The van der Waals surface area contributed by atoms with E-state index in [4.69, 9.17) is 5.73 Å². The number of hydrogen-bond donors (Lipinski definition) is 1. The average molecular weight is 232 g/mol. The van der Waals surface area contributed by atoms with E-state index in [1.54, 1.807) is 0 Å². The molecule has 0 amide bonds. The van der Waals surface area contributed by atoms with Crippen molar-refractivity contribution in [1.82, 2.24) is 0 Å². The van der Waals surface area contributed by atoms with Crippen LogP contribution in [0.15, 0.2) is 18.2 Å². The van der Waals surface area contributed by atoms with E-state index in [9.17, 15) is 0 Å². The summed E-state index contributed by atoms with van der Waals surface area (Å²) in [5.74, 6) is 1.42. The number of hydrogen-bond acceptors (Lipinski definition) is 1. The molecule has 2 rings (SSSR count). The lowest BCUT2D eigenvalue weighted by Crippen LogP contribution is -2.51. The fraction of sp³-hybridized carbons (Fsp3) is 0.750. The molecule has 0 aromatic rings. The molecule has 95 valence electrons. The second kappa shape index (κ2) is 5.39. The Kier molecular flexibility index (Phi) is 4.09. The molecular formula is C16H26N. The van der Waals surface area contributed by atoms with E-state index in [2.05, 4.69) is 32.1 Å². The smallest absolute Gasteiger partial charge is 0.0165 e. The first-order valence-electron chi connectivity index (χ1n) is 7.20. The highest BCUT2D eigenvalue weighted by molar-refractivity contribution is 5.19. The molecule has 0 aromatic heterocycles. The van der Waals surface area contributed by atoms with Gasteiger partial charge in [0.05, 0.1) is 0 Å². The van der Waals surface area contributed by atoms with Crippen LogP contribution in [0, 0.1) is 23.3 Å². The Balaban J connectivity index is 2.16. The first kappa shape index (κ1) is 12.9. The van der Waals surface area contributed by atoms with Crippen LogP contribution in [0.2, 0.25) is 0 Å². The van der Waals surface area contributed by atoms with E-state index < -0.39 is 0 Å². The molecule has 2 aliphatic carbocycles. The Labute approximate surface area is 106 Å². The standard InChI is InChI=1S/C16H26N/c1-3-8-13(2)16(11-5-4-6-12-16)15(17)14-9-7-10-14/h4-5,11,13-15H,3,7-10,12,17H2,1-2H3. The van der Waals surface area contributed by atoms with E-state index in [1.165, 1.54) is 32.1 Å². The molecule has 0 spiro atoms. The van der Waals surface area contributed by atoms with Crippen LogP contribution in [0.5, 0.6) is 0 Å². The zero-order valence-corrected chi connectivity index (χ0v) is 11.3. The van der Waals surface area contributed by atoms with Gasteiger partial charge in [-0.2, -0.15) is 0 Å². The molecule has 1 nitrogen and oxygen atoms in total. The van der Waals surface area contributed by atoms with Crippen molar-refractivity contribution in [2.75, 3.05) is 0 Å². The molecule has 17 heavy (non-hydrogen) atoms. The SMILES string of the molecule is CCCC(C)C1(C(N)C2CCC2)C=CC=[C]C1. The molecule has 0 saturated heterocycles. The molecule has 3 atom stereocenters. The van der Waals surface area contributed by atoms with Gasteiger partial charge in [-0.15, -0.1) is 0 Å². The van der Waals surface area contributed by atoms with Crippen molar-refractivity contribution in [3.8, 4) is 0 Å². The minimum Gasteiger partial charge on any atom is -0.327 e. The largest absolute Gasteiger partial charge is 0.327 e. The maximum Gasteiger partial charge on any atom is 0.0165 e. The summed E-state index contributed by atoms with van der Waals surface area (Å²) in [7, 11) is 0. The monoisotopic (exact) mass is 232 g/mol. The Morgan fingerprint density at radius 1 is 1.47 bits per heavy atom. The van der Waals surface area contributed by atoms with Gasteiger partial charge in [0, 0.05) is 11.5 Å². The van der Waals surface area contributed by atoms with Crippen LogP contribution in [0.25, 0.3) is 0 Å². The molecular weight excluding hydrogens is 206 g/mol. The number of allylic oxidation sites excluding steroid dienone is 3. The summed E-state index contributed by atoms with van der Waals surface area (Å²) in [5.41, 5.74) is 6.79. The fourth-order valence-electron chi connectivity index (χ4n) is 3.43. The molecule has 1 fully saturated rings. The molecule has 2 N–H and O–H groups in total. The third-order valence-electron chi connectivity index (χ3n) is 4.95. The van der Waals surface area contributed by atoms with Crippen LogP contribution in [0.4, 0.5) is 0 Å². The lowest BCUT2D eigenvalue weighted by molar-refractivity contribution is 0.102. The highest BCUT2D eigenvalue weighted by Crippen LogP contribution is 2.46. The minimum absolute atomic E-state index is 0.176. The molecule has 0 aromatic carbocycles. The summed E-state index contributed by atoms with van der Waals surface area (Å²) in [6, 6.07) is 0.329. The van der Waals surface area contributed by atoms with Crippen molar-refractivity contribution < 1.29 is 0 Å². The Hall–Kier alpha value is -0.560. The van der Waals surface area contributed by atoms with Gasteiger partial charge in [-0.05, 0) is 37.2 Å². The quantitative estimate of drug-likeness (QED) is 0.765. The first-order chi connectivity index (χ1) is 8.20. The summed E-state index contributed by atoms with van der Waals surface area (Å²) in [6.07, 6.45) is 17.6. The van der Waals surface area contributed by atoms with Gasteiger partial charge in [0.15, 0.2) is 0 Å². The summed E-state index contributed by atoms with van der Waals surface area (Å²) >= 11 is 0. The lowest BCUT2D eigenvalue weighted by atomic mass is 9.59. The van der Waals surface area contributed by atoms with Gasteiger partial charge in [-0.1, -0.05) is 51.3 Å². The van der Waals surface area contributed by atoms with Crippen LogP contribution in [-0.4, -0.2) is 6.04 Å². The predicted octanol–water partition coefficient (Wildman–Crippen LogP) is 3.86. The molecule has 1 saturated carbocycles. The molecule has 1 radical (unpaired) electrons. The maximum absolute atomic E-state index is 6.61. The highest BCUT2D eigenvalue weighted by Gasteiger charge is 2.43. The topological polar surface area (TPSA) is 26.0 Å². The molecule has 0 bridgehead atoms. The van der Waals surface area contributed by atoms with Gasteiger partial charge < -0.3 is 5.73 Å². The summed E-state index contributed by atoms with van der Waals surface area (Å²) in [4.78, 5) is 0. The van der Waals surface area contributed by atoms with Crippen LogP contribution in [0.3, 0.4) is 0 Å². The van der Waals surface area contributed by atoms with Crippen LogP contribution >= 0.6 is 0 Å². The fourth-order valence-corrected chi connectivity index (χ4v) is 3.43. The van der Waals surface area contributed by atoms with Crippen molar-refractivity contribution in [2.24, 2.45) is 23.0 Å². The highest BCUT2D eigenvalue weighted by atomic mass is 14.7. The number of nitrogens with two attached hydrogens (primary N) is 1. The average Bonchev–Trinajstić information content (AvgIpc) is 2.28. The Morgan fingerprint density at radius 3 is 2.71 bits per heavy atom. The Morgan fingerprint density at radius 2 is 2.24 bits per heavy atom. The normalized spacial score (nSPS) is 32.2. The van der Waals surface area contributed by atoms with Gasteiger partial charge >= 0.3 is 0 Å². The number of rotatable bonds is 5. The zero-order chi connectivity index (χ0) is 12.3. The van der Waals surface area contributed by atoms with Crippen molar-refractivity contribution in [3.05, 3.63) is 24.3 Å². The van der Waals surface area contributed by atoms with Crippen molar-refractivity contribution in [3.63, 3.8) is 0 Å². The second-order valence-electron chi connectivity index (χ2n) is 5.93. The molecule has 0 aliphatic heterocycles. The minimum atomic E-state index is 0.176. The maximum atomic E-state index is 6.61. The third kappa shape index (κ3) is 2.35. The van der Waals surface area contributed by atoms with Crippen molar-refractivity contribution >= 4 is 0 Å². The summed E-state index contributed by atoms with van der Waals surface area (Å²) in [6.45, 7) is 4.64. The summed E-state index contributed by atoms with van der Waals surface area (Å²) in [5, 5.41) is 0. The predicted molar refractivity (Wildman–Crippen MR) is 73.4 cm³/mol. The Bertz CT molecular complexity index is 301. The first-order valence-corrected chi connectivity index (χ1v) is 7.20.